The van der Waals surface area contributed by atoms with Crippen molar-refractivity contribution in [2.75, 3.05) is 0 Å². The van der Waals surface area contributed by atoms with Gasteiger partial charge in [-0.3, -0.25) is 4.79 Å². The minimum absolute atomic E-state index is 0.0674. The summed E-state index contributed by atoms with van der Waals surface area (Å²) in [4.78, 5) is 24.3. The van der Waals surface area contributed by atoms with E-state index in [1.807, 2.05) is 0 Å². The molecule has 0 atom stereocenters. The number of alkyl halides is 3. The predicted molar refractivity (Wildman–Crippen MR) is 108 cm³/mol. The first-order valence-corrected chi connectivity index (χ1v) is 10.4. The van der Waals surface area contributed by atoms with Crippen molar-refractivity contribution in [3.63, 3.8) is 0 Å². The Morgan fingerprint density at radius 3 is 2.33 bits per heavy atom. The quantitative estimate of drug-likeness (QED) is 0.600. The third-order valence-electron chi connectivity index (χ3n) is 4.53. The van der Waals surface area contributed by atoms with Crippen LogP contribution in [0, 0.1) is 5.92 Å². The number of carbonyl (C=O) groups excluding carboxylic acids is 2. The molecular formula is C20H26BrF3N2O4. The maximum Gasteiger partial charge on any atom is 0.573 e. The first kappa shape index (κ1) is 24.3. The van der Waals surface area contributed by atoms with Crippen molar-refractivity contribution < 1.29 is 32.2 Å². The minimum Gasteiger partial charge on any atom is -0.444 e. The van der Waals surface area contributed by atoms with Crippen molar-refractivity contribution in [2.45, 2.75) is 71.0 Å². The summed E-state index contributed by atoms with van der Waals surface area (Å²) in [6, 6.07) is 4.19. The Labute approximate surface area is 182 Å². The number of amides is 2. The zero-order valence-electron chi connectivity index (χ0n) is 17.1. The van der Waals surface area contributed by atoms with Gasteiger partial charge in [0.15, 0.2) is 0 Å². The second-order valence-electron chi connectivity index (χ2n) is 8.21. The molecule has 1 aromatic carbocycles. The SMILES string of the molecule is CC(C)(C)OC(=O)N[C@H]1CC[C@@H](C(=O)NCc2ccc(Br)cc2OC(F)(F)F)CC1. The van der Waals surface area contributed by atoms with E-state index >= 15 is 0 Å². The first-order chi connectivity index (χ1) is 13.8. The molecule has 0 radical (unpaired) electrons. The molecule has 10 heteroatoms. The fraction of sp³-hybridized carbons (Fsp3) is 0.600. The fourth-order valence-corrected chi connectivity index (χ4v) is 3.54. The molecule has 2 N–H and O–H groups in total. The Balaban J connectivity index is 1.84. The van der Waals surface area contributed by atoms with Crippen LogP contribution in [0.4, 0.5) is 18.0 Å². The topological polar surface area (TPSA) is 76.7 Å². The summed E-state index contributed by atoms with van der Waals surface area (Å²) in [7, 11) is 0. The molecule has 1 fully saturated rings. The van der Waals surface area contributed by atoms with Gasteiger partial charge < -0.3 is 20.1 Å². The smallest absolute Gasteiger partial charge is 0.444 e. The molecule has 1 aromatic rings. The van der Waals surface area contributed by atoms with Crippen molar-refractivity contribution in [3.8, 4) is 5.75 Å². The number of benzene rings is 1. The van der Waals surface area contributed by atoms with E-state index in [1.165, 1.54) is 12.1 Å². The van der Waals surface area contributed by atoms with Crippen LogP contribution in [0.3, 0.4) is 0 Å². The molecule has 0 bridgehead atoms. The van der Waals surface area contributed by atoms with Crippen LogP contribution in [-0.4, -0.2) is 30.0 Å². The van der Waals surface area contributed by atoms with Crippen LogP contribution in [0.15, 0.2) is 22.7 Å². The highest BCUT2D eigenvalue weighted by molar-refractivity contribution is 9.10. The number of ether oxygens (including phenoxy) is 2. The second kappa shape index (κ2) is 9.89. The lowest BCUT2D eigenvalue weighted by Gasteiger charge is -2.29. The molecule has 0 unspecified atom stereocenters. The Hall–Kier alpha value is -1.97. The first-order valence-electron chi connectivity index (χ1n) is 9.64. The monoisotopic (exact) mass is 494 g/mol. The van der Waals surface area contributed by atoms with E-state index in [1.54, 1.807) is 26.8 Å². The predicted octanol–water partition coefficient (Wildman–Crippen LogP) is 5.05. The average Bonchev–Trinajstić information content (AvgIpc) is 2.58. The lowest BCUT2D eigenvalue weighted by Crippen LogP contribution is -2.42. The molecule has 30 heavy (non-hydrogen) atoms. The molecule has 2 rings (SSSR count). The van der Waals surface area contributed by atoms with Gasteiger partial charge in [0.25, 0.3) is 0 Å². The highest BCUT2D eigenvalue weighted by Gasteiger charge is 2.32. The number of hydrogen-bond acceptors (Lipinski definition) is 4. The van der Waals surface area contributed by atoms with Gasteiger partial charge in [0.1, 0.15) is 11.4 Å². The summed E-state index contributed by atoms with van der Waals surface area (Å²) < 4.78 is 47.5. The van der Waals surface area contributed by atoms with Crippen LogP contribution >= 0.6 is 15.9 Å². The number of nitrogens with one attached hydrogen (secondary N) is 2. The zero-order valence-corrected chi connectivity index (χ0v) is 18.7. The zero-order chi connectivity index (χ0) is 22.5. The van der Waals surface area contributed by atoms with Gasteiger partial charge in [-0.1, -0.05) is 22.0 Å². The second-order valence-corrected chi connectivity index (χ2v) is 9.13. The van der Waals surface area contributed by atoms with Crippen LogP contribution in [0.5, 0.6) is 5.75 Å². The van der Waals surface area contributed by atoms with Crippen LogP contribution in [-0.2, 0) is 16.1 Å². The number of hydrogen-bond donors (Lipinski definition) is 2. The van der Waals surface area contributed by atoms with Crippen molar-refractivity contribution in [1.29, 1.82) is 0 Å². The lowest BCUT2D eigenvalue weighted by molar-refractivity contribution is -0.274. The van der Waals surface area contributed by atoms with Crippen LogP contribution in [0.25, 0.3) is 0 Å². The highest BCUT2D eigenvalue weighted by Crippen LogP contribution is 2.30. The molecule has 0 spiro atoms. The molecular weight excluding hydrogens is 469 g/mol. The summed E-state index contributed by atoms with van der Waals surface area (Å²) >= 11 is 3.11. The Morgan fingerprint density at radius 1 is 1.13 bits per heavy atom. The fourth-order valence-electron chi connectivity index (χ4n) is 3.19. The number of rotatable bonds is 5. The summed E-state index contributed by atoms with van der Waals surface area (Å²) in [5.41, 5.74) is -0.354. The van der Waals surface area contributed by atoms with Gasteiger partial charge in [0.05, 0.1) is 0 Å². The summed E-state index contributed by atoms with van der Waals surface area (Å²) in [5.74, 6) is -0.849. The maximum atomic E-state index is 12.6. The van der Waals surface area contributed by atoms with Gasteiger partial charge >= 0.3 is 12.5 Å². The van der Waals surface area contributed by atoms with Crippen molar-refractivity contribution >= 4 is 27.9 Å². The third-order valence-corrected chi connectivity index (χ3v) is 5.02. The molecule has 1 aliphatic carbocycles. The molecule has 2 amide bonds. The van der Waals surface area contributed by atoms with Crippen LogP contribution in [0.2, 0.25) is 0 Å². The van der Waals surface area contributed by atoms with Gasteiger partial charge in [-0.25, -0.2) is 4.79 Å². The molecule has 0 aromatic heterocycles. The number of carbonyl (C=O) groups is 2. The Kier molecular flexibility index (Phi) is 8.01. The summed E-state index contributed by atoms with van der Waals surface area (Å²) in [5, 5.41) is 5.49. The van der Waals surface area contributed by atoms with Gasteiger partial charge in [0.2, 0.25) is 5.91 Å². The highest BCUT2D eigenvalue weighted by atomic mass is 79.9. The van der Waals surface area contributed by atoms with Crippen LogP contribution < -0.4 is 15.4 Å². The van der Waals surface area contributed by atoms with E-state index < -0.39 is 18.1 Å². The molecule has 0 aliphatic heterocycles. The molecule has 0 saturated heterocycles. The lowest BCUT2D eigenvalue weighted by atomic mass is 9.85. The van der Waals surface area contributed by atoms with Gasteiger partial charge in [-0.15, -0.1) is 13.2 Å². The van der Waals surface area contributed by atoms with E-state index in [2.05, 4.69) is 31.3 Å². The Morgan fingerprint density at radius 2 is 1.77 bits per heavy atom. The summed E-state index contributed by atoms with van der Waals surface area (Å²) in [6.45, 7) is 5.27. The van der Waals surface area contributed by atoms with E-state index in [9.17, 15) is 22.8 Å². The van der Waals surface area contributed by atoms with Crippen LogP contribution in [0.1, 0.15) is 52.0 Å². The van der Waals surface area contributed by atoms with Gasteiger partial charge in [-0.2, -0.15) is 0 Å². The minimum atomic E-state index is -4.82. The van der Waals surface area contributed by atoms with Gasteiger partial charge in [-0.05, 0) is 58.6 Å². The third kappa shape index (κ3) is 8.41. The van der Waals surface area contributed by atoms with Crippen molar-refractivity contribution in [2.24, 2.45) is 5.92 Å². The molecule has 168 valence electrons. The maximum absolute atomic E-state index is 12.6. The van der Waals surface area contributed by atoms with E-state index in [0.29, 0.717) is 30.2 Å². The van der Waals surface area contributed by atoms with Crippen molar-refractivity contribution in [1.82, 2.24) is 10.6 Å². The average molecular weight is 495 g/mol. The molecule has 6 nitrogen and oxygen atoms in total. The normalized spacial score (nSPS) is 19.7. The number of alkyl carbamates (subject to hydrolysis) is 1. The van der Waals surface area contributed by atoms with E-state index in [0.717, 1.165) is 0 Å². The Bertz CT molecular complexity index is 757. The molecule has 1 saturated carbocycles. The molecule has 1 aliphatic rings. The van der Waals surface area contributed by atoms with E-state index in [4.69, 9.17) is 4.74 Å². The van der Waals surface area contributed by atoms with Crippen molar-refractivity contribution in [3.05, 3.63) is 28.2 Å². The standard InChI is InChI=1S/C20H26BrF3N2O4/c1-19(2,3)30-18(28)26-15-8-5-12(6-9-15)17(27)25-11-13-4-7-14(21)10-16(13)29-20(22,23)24/h4,7,10,12,15H,5-6,8-9,11H2,1-3H3,(H,25,27)(H,26,28)/t12-,15+. The summed E-state index contributed by atoms with van der Waals surface area (Å²) in [6.07, 6.45) is -2.92. The molecule has 0 heterocycles. The van der Waals surface area contributed by atoms with E-state index in [-0.39, 0.29) is 35.7 Å². The largest absolute Gasteiger partial charge is 0.573 e. The number of halogens is 4. The van der Waals surface area contributed by atoms with Gasteiger partial charge in [0, 0.05) is 28.5 Å².